The lowest BCUT2D eigenvalue weighted by atomic mass is 9.95. The Morgan fingerprint density at radius 3 is 2.41 bits per heavy atom. The summed E-state index contributed by atoms with van der Waals surface area (Å²) in [5, 5.41) is 0. The van der Waals surface area contributed by atoms with E-state index < -0.39 is 0 Å². The van der Waals surface area contributed by atoms with Crippen molar-refractivity contribution in [3.05, 3.63) is 45.5 Å². The summed E-state index contributed by atoms with van der Waals surface area (Å²) in [5.41, 5.74) is 7.53. The first-order valence-corrected chi connectivity index (χ1v) is 6.61. The molecule has 2 heterocycles. The molecule has 2 N–H and O–H groups in total. The molecule has 0 radical (unpaired) electrons. The first kappa shape index (κ1) is 12.4. The topological polar surface area (TPSA) is 39.2 Å². The number of hydrogen-bond acceptors (Lipinski definition) is 3. The molecule has 0 spiro atoms. The van der Waals surface area contributed by atoms with Crippen LogP contribution >= 0.6 is 11.3 Å². The third-order valence-corrected chi connectivity index (χ3v) is 4.45. The Labute approximate surface area is 106 Å². The molecule has 0 aliphatic rings. The van der Waals surface area contributed by atoms with Crippen LogP contribution < -0.4 is 5.73 Å². The van der Waals surface area contributed by atoms with Crippen LogP contribution in [-0.4, -0.2) is 0 Å². The minimum atomic E-state index is -0.147. The summed E-state index contributed by atoms with van der Waals surface area (Å²) >= 11 is 1.77. The van der Waals surface area contributed by atoms with Gasteiger partial charge in [0.05, 0.1) is 12.3 Å². The second-order valence-electron chi connectivity index (χ2n) is 5.40. The second-order valence-corrected chi connectivity index (χ2v) is 6.51. The largest absolute Gasteiger partial charge is 0.467 e. The Morgan fingerprint density at radius 1 is 1.24 bits per heavy atom. The second kappa shape index (κ2) is 4.31. The SMILES string of the molecule is Cc1ccoc1C(N)c1ccc(C(C)(C)C)s1. The van der Waals surface area contributed by atoms with Crippen LogP contribution in [0.25, 0.3) is 0 Å². The highest BCUT2D eigenvalue weighted by atomic mass is 32.1. The quantitative estimate of drug-likeness (QED) is 0.874. The number of thiophene rings is 1. The molecule has 1 atom stereocenters. The van der Waals surface area contributed by atoms with Crippen LogP contribution in [0.15, 0.2) is 28.9 Å². The van der Waals surface area contributed by atoms with Crippen molar-refractivity contribution in [1.82, 2.24) is 0 Å². The summed E-state index contributed by atoms with van der Waals surface area (Å²) in [5.74, 6) is 0.868. The summed E-state index contributed by atoms with van der Waals surface area (Å²) < 4.78 is 5.46. The van der Waals surface area contributed by atoms with Gasteiger partial charge in [-0.2, -0.15) is 0 Å². The van der Waals surface area contributed by atoms with Gasteiger partial charge in [0.25, 0.3) is 0 Å². The molecule has 3 heteroatoms. The number of furan rings is 1. The van der Waals surface area contributed by atoms with Crippen molar-refractivity contribution in [2.45, 2.75) is 39.2 Å². The molecule has 0 aromatic carbocycles. The van der Waals surface area contributed by atoms with Gasteiger partial charge in [0, 0.05) is 9.75 Å². The number of hydrogen-bond donors (Lipinski definition) is 1. The van der Waals surface area contributed by atoms with Gasteiger partial charge in [-0.3, -0.25) is 0 Å². The van der Waals surface area contributed by atoms with Crippen LogP contribution in [0.3, 0.4) is 0 Å². The Balaban J connectivity index is 2.30. The summed E-state index contributed by atoms with van der Waals surface area (Å²) in [6.45, 7) is 8.67. The highest BCUT2D eigenvalue weighted by Crippen LogP contribution is 2.34. The van der Waals surface area contributed by atoms with Gasteiger partial charge in [0.15, 0.2) is 0 Å². The van der Waals surface area contributed by atoms with E-state index in [4.69, 9.17) is 10.2 Å². The van der Waals surface area contributed by atoms with Crippen molar-refractivity contribution in [2.75, 3.05) is 0 Å². The number of nitrogens with two attached hydrogens (primary N) is 1. The monoisotopic (exact) mass is 249 g/mol. The van der Waals surface area contributed by atoms with E-state index in [0.29, 0.717) is 0 Å². The highest BCUT2D eigenvalue weighted by molar-refractivity contribution is 7.12. The standard InChI is InChI=1S/C14H19NOS/c1-9-7-8-16-13(9)12(15)10-5-6-11(17-10)14(2,3)4/h5-8,12H,15H2,1-4H3. The maximum Gasteiger partial charge on any atom is 0.128 e. The lowest BCUT2D eigenvalue weighted by Crippen LogP contribution is -2.10. The maximum absolute atomic E-state index is 6.23. The van der Waals surface area contributed by atoms with Crippen LogP contribution in [-0.2, 0) is 5.41 Å². The molecule has 2 aromatic rings. The van der Waals surface area contributed by atoms with E-state index in [1.54, 1.807) is 17.6 Å². The van der Waals surface area contributed by atoms with E-state index in [1.807, 2.05) is 13.0 Å². The predicted molar refractivity (Wildman–Crippen MR) is 72.5 cm³/mol. The van der Waals surface area contributed by atoms with E-state index in [9.17, 15) is 0 Å². The third-order valence-electron chi connectivity index (χ3n) is 2.86. The maximum atomic E-state index is 6.23. The first-order chi connectivity index (χ1) is 7.89. The van der Waals surface area contributed by atoms with Crippen molar-refractivity contribution in [3.63, 3.8) is 0 Å². The minimum absolute atomic E-state index is 0.147. The zero-order valence-electron chi connectivity index (χ0n) is 10.8. The van der Waals surface area contributed by atoms with E-state index >= 15 is 0 Å². The van der Waals surface area contributed by atoms with Gasteiger partial charge in [-0.05, 0) is 36.1 Å². The molecule has 0 saturated heterocycles. The molecule has 0 saturated carbocycles. The normalized spacial score (nSPS) is 13.9. The fourth-order valence-corrected chi connectivity index (χ4v) is 2.82. The molecule has 0 bridgehead atoms. The summed E-state index contributed by atoms with van der Waals surface area (Å²) in [6.07, 6.45) is 1.70. The average Bonchev–Trinajstić information content (AvgIpc) is 2.83. The van der Waals surface area contributed by atoms with Crippen LogP contribution in [0.1, 0.15) is 47.9 Å². The molecule has 2 rings (SSSR count). The Kier molecular flexibility index (Phi) is 3.15. The fraction of sp³-hybridized carbons (Fsp3) is 0.429. The Bertz CT molecular complexity index is 504. The van der Waals surface area contributed by atoms with Gasteiger partial charge in [0.1, 0.15) is 5.76 Å². The van der Waals surface area contributed by atoms with Crippen molar-refractivity contribution < 1.29 is 4.42 Å². The molecule has 0 aliphatic heterocycles. The highest BCUT2D eigenvalue weighted by Gasteiger charge is 2.21. The average molecular weight is 249 g/mol. The summed E-state index contributed by atoms with van der Waals surface area (Å²) in [6, 6.07) is 6.08. The predicted octanol–water partition coefficient (Wildman–Crippen LogP) is 4.00. The van der Waals surface area contributed by atoms with E-state index in [0.717, 1.165) is 16.2 Å². The van der Waals surface area contributed by atoms with Gasteiger partial charge in [0.2, 0.25) is 0 Å². The smallest absolute Gasteiger partial charge is 0.128 e. The molecule has 0 amide bonds. The molecular formula is C14H19NOS. The van der Waals surface area contributed by atoms with E-state index in [2.05, 4.69) is 32.9 Å². The molecule has 2 aromatic heterocycles. The molecule has 0 fully saturated rings. The van der Waals surface area contributed by atoms with Gasteiger partial charge in [-0.15, -0.1) is 11.3 Å². The third kappa shape index (κ3) is 2.45. The summed E-state index contributed by atoms with van der Waals surface area (Å²) in [7, 11) is 0. The van der Waals surface area contributed by atoms with Crippen LogP contribution in [0.4, 0.5) is 0 Å². The fourth-order valence-electron chi connectivity index (χ4n) is 1.76. The Hall–Kier alpha value is -1.06. The molecular weight excluding hydrogens is 230 g/mol. The molecule has 2 nitrogen and oxygen atoms in total. The van der Waals surface area contributed by atoms with Crippen molar-refractivity contribution >= 4 is 11.3 Å². The zero-order chi connectivity index (χ0) is 12.6. The van der Waals surface area contributed by atoms with Gasteiger partial charge in [-0.1, -0.05) is 20.8 Å². The lowest BCUT2D eigenvalue weighted by molar-refractivity contribution is 0.489. The number of rotatable bonds is 2. The first-order valence-electron chi connectivity index (χ1n) is 5.79. The van der Waals surface area contributed by atoms with E-state index in [-0.39, 0.29) is 11.5 Å². The van der Waals surface area contributed by atoms with Crippen molar-refractivity contribution in [2.24, 2.45) is 5.73 Å². The van der Waals surface area contributed by atoms with Crippen LogP contribution in [0.2, 0.25) is 0 Å². The molecule has 0 aliphatic carbocycles. The Morgan fingerprint density at radius 2 is 1.94 bits per heavy atom. The van der Waals surface area contributed by atoms with E-state index in [1.165, 1.54) is 4.88 Å². The lowest BCUT2D eigenvalue weighted by Gasteiger charge is -2.15. The van der Waals surface area contributed by atoms with Crippen LogP contribution in [0.5, 0.6) is 0 Å². The van der Waals surface area contributed by atoms with Crippen LogP contribution in [0, 0.1) is 6.92 Å². The molecule has 92 valence electrons. The zero-order valence-corrected chi connectivity index (χ0v) is 11.6. The minimum Gasteiger partial charge on any atom is -0.467 e. The van der Waals surface area contributed by atoms with Crippen molar-refractivity contribution in [1.29, 1.82) is 0 Å². The van der Waals surface area contributed by atoms with Gasteiger partial charge in [-0.25, -0.2) is 0 Å². The molecule has 1 unspecified atom stereocenters. The van der Waals surface area contributed by atoms with Gasteiger partial charge >= 0.3 is 0 Å². The molecule has 17 heavy (non-hydrogen) atoms. The number of aryl methyl sites for hydroxylation is 1. The van der Waals surface area contributed by atoms with Gasteiger partial charge < -0.3 is 10.2 Å². The van der Waals surface area contributed by atoms with Crippen molar-refractivity contribution in [3.8, 4) is 0 Å². The summed E-state index contributed by atoms with van der Waals surface area (Å²) in [4.78, 5) is 2.51.